The van der Waals surface area contributed by atoms with Gasteiger partial charge in [0.25, 0.3) is 0 Å². The van der Waals surface area contributed by atoms with Crippen molar-refractivity contribution in [3.63, 3.8) is 0 Å². The summed E-state index contributed by atoms with van der Waals surface area (Å²) < 4.78 is 0. The van der Waals surface area contributed by atoms with Crippen LogP contribution in [0.15, 0.2) is 0 Å². The third-order valence-corrected chi connectivity index (χ3v) is 5.85. The number of carbonyl (C=O) groups is 1. The molecule has 0 radical (unpaired) electrons. The normalized spacial score (nSPS) is 40.7. The quantitative estimate of drug-likeness (QED) is 0.844. The molecule has 0 spiro atoms. The molecule has 104 valence electrons. The van der Waals surface area contributed by atoms with E-state index in [-0.39, 0.29) is 11.9 Å². The maximum atomic E-state index is 11.8. The minimum Gasteiger partial charge on any atom is -0.353 e. The zero-order valence-corrected chi connectivity index (χ0v) is 11.8. The Balaban J connectivity index is 1.64. The molecule has 1 atom stereocenters. The number of hydrogen-bond donors (Lipinski definition) is 1. The lowest BCUT2D eigenvalue weighted by molar-refractivity contribution is -0.125. The standard InChI is InChI=1S/C16H24N2O/c1-11(18-15(19)3-2-4-17)16-8-12-5-13(9-16)7-14(6-12)10-16/h11-14H,2-3,5-10H2,1H3,(H,18,19). The fourth-order valence-electron chi connectivity index (χ4n) is 5.34. The summed E-state index contributed by atoms with van der Waals surface area (Å²) in [5, 5.41) is 11.7. The second-order valence-electron chi connectivity index (χ2n) is 7.23. The third-order valence-electron chi connectivity index (χ3n) is 5.85. The molecular formula is C16H24N2O. The van der Waals surface area contributed by atoms with Crippen molar-refractivity contribution >= 4 is 5.91 Å². The van der Waals surface area contributed by atoms with Crippen molar-refractivity contribution < 1.29 is 4.79 Å². The molecule has 4 aliphatic rings. The lowest BCUT2D eigenvalue weighted by Gasteiger charge is -2.59. The van der Waals surface area contributed by atoms with E-state index in [9.17, 15) is 4.79 Å². The van der Waals surface area contributed by atoms with Gasteiger partial charge in [-0.15, -0.1) is 0 Å². The van der Waals surface area contributed by atoms with Gasteiger partial charge in [0.15, 0.2) is 0 Å². The smallest absolute Gasteiger partial charge is 0.221 e. The largest absolute Gasteiger partial charge is 0.353 e. The van der Waals surface area contributed by atoms with Crippen molar-refractivity contribution in [2.45, 2.75) is 64.3 Å². The van der Waals surface area contributed by atoms with Crippen LogP contribution in [0.1, 0.15) is 58.3 Å². The zero-order chi connectivity index (χ0) is 13.5. The molecule has 1 unspecified atom stereocenters. The van der Waals surface area contributed by atoms with Crippen LogP contribution in [0, 0.1) is 34.5 Å². The van der Waals surface area contributed by atoms with Crippen LogP contribution in [-0.4, -0.2) is 11.9 Å². The van der Waals surface area contributed by atoms with Crippen LogP contribution in [-0.2, 0) is 4.79 Å². The van der Waals surface area contributed by atoms with Crippen LogP contribution in [0.25, 0.3) is 0 Å². The Morgan fingerprint density at radius 3 is 2.26 bits per heavy atom. The summed E-state index contributed by atoms with van der Waals surface area (Å²) in [7, 11) is 0. The average molecular weight is 260 g/mol. The molecule has 19 heavy (non-hydrogen) atoms. The summed E-state index contributed by atoms with van der Waals surface area (Å²) >= 11 is 0. The molecule has 1 amide bonds. The highest BCUT2D eigenvalue weighted by atomic mass is 16.1. The van der Waals surface area contributed by atoms with Crippen molar-refractivity contribution in [1.29, 1.82) is 5.26 Å². The molecule has 4 aliphatic carbocycles. The van der Waals surface area contributed by atoms with Crippen LogP contribution < -0.4 is 5.32 Å². The molecule has 4 bridgehead atoms. The van der Waals surface area contributed by atoms with Gasteiger partial charge in [-0.25, -0.2) is 0 Å². The maximum absolute atomic E-state index is 11.8. The second-order valence-corrected chi connectivity index (χ2v) is 7.23. The van der Waals surface area contributed by atoms with E-state index < -0.39 is 0 Å². The molecule has 4 fully saturated rings. The average Bonchev–Trinajstić information content (AvgIpc) is 2.34. The number of nitrogens with zero attached hydrogens (tertiary/aromatic N) is 1. The maximum Gasteiger partial charge on any atom is 0.221 e. The molecular weight excluding hydrogens is 236 g/mol. The van der Waals surface area contributed by atoms with Gasteiger partial charge in [-0.1, -0.05) is 0 Å². The van der Waals surface area contributed by atoms with Crippen LogP contribution in [0.2, 0.25) is 0 Å². The van der Waals surface area contributed by atoms with Gasteiger partial charge < -0.3 is 5.32 Å². The molecule has 0 saturated heterocycles. The first kappa shape index (κ1) is 13.0. The Hall–Kier alpha value is -1.04. The highest BCUT2D eigenvalue weighted by Gasteiger charge is 2.53. The van der Waals surface area contributed by atoms with E-state index in [1.165, 1.54) is 38.5 Å². The highest BCUT2D eigenvalue weighted by Crippen LogP contribution is 2.61. The van der Waals surface area contributed by atoms with Gasteiger partial charge in [0.05, 0.1) is 6.07 Å². The first-order valence-corrected chi connectivity index (χ1v) is 7.77. The van der Waals surface area contributed by atoms with Crippen LogP contribution in [0.5, 0.6) is 0 Å². The van der Waals surface area contributed by atoms with Crippen molar-refractivity contribution in [3.05, 3.63) is 0 Å². The van der Waals surface area contributed by atoms with E-state index >= 15 is 0 Å². The van der Waals surface area contributed by atoms with Crippen molar-refractivity contribution in [1.82, 2.24) is 5.32 Å². The van der Waals surface area contributed by atoms with Crippen LogP contribution >= 0.6 is 0 Å². The van der Waals surface area contributed by atoms with Gasteiger partial charge >= 0.3 is 0 Å². The molecule has 1 N–H and O–H groups in total. The first-order chi connectivity index (χ1) is 9.11. The summed E-state index contributed by atoms with van der Waals surface area (Å²) in [6.45, 7) is 2.19. The number of nitriles is 1. The van der Waals surface area contributed by atoms with Gasteiger partial charge in [0, 0.05) is 18.9 Å². The third kappa shape index (κ3) is 2.38. The SMILES string of the molecule is CC(NC(=O)CCC#N)C12CC3CC(CC(C3)C1)C2. The molecule has 0 aromatic heterocycles. The topological polar surface area (TPSA) is 52.9 Å². The number of rotatable bonds is 4. The van der Waals surface area contributed by atoms with Crippen LogP contribution in [0.4, 0.5) is 0 Å². The van der Waals surface area contributed by atoms with Gasteiger partial charge in [0.1, 0.15) is 0 Å². The van der Waals surface area contributed by atoms with Crippen molar-refractivity contribution in [2.75, 3.05) is 0 Å². The molecule has 4 rings (SSSR count). The summed E-state index contributed by atoms with van der Waals surface area (Å²) in [5.74, 6) is 2.82. The van der Waals surface area contributed by atoms with E-state index in [0.717, 1.165) is 17.8 Å². The first-order valence-electron chi connectivity index (χ1n) is 7.77. The minimum atomic E-state index is 0.0600. The lowest BCUT2D eigenvalue weighted by Crippen LogP contribution is -2.55. The molecule has 3 heteroatoms. The molecule has 0 aliphatic heterocycles. The highest BCUT2D eigenvalue weighted by molar-refractivity contribution is 5.76. The van der Waals surface area contributed by atoms with Crippen molar-refractivity contribution in [3.8, 4) is 6.07 Å². The Kier molecular flexibility index (Phi) is 3.28. The minimum absolute atomic E-state index is 0.0600. The Bertz CT molecular complexity index is 374. The Morgan fingerprint density at radius 2 is 1.79 bits per heavy atom. The Morgan fingerprint density at radius 1 is 1.26 bits per heavy atom. The van der Waals surface area contributed by atoms with E-state index in [1.807, 2.05) is 6.07 Å². The summed E-state index contributed by atoms with van der Waals surface area (Å²) in [6.07, 6.45) is 8.96. The molecule has 0 heterocycles. The van der Waals surface area contributed by atoms with Gasteiger partial charge in [-0.05, 0) is 68.6 Å². The fourth-order valence-corrected chi connectivity index (χ4v) is 5.34. The fraction of sp³-hybridized carbons (Fsp3) is 0.875. The molecule has 3 nitrogen and oxygen atoms in total. The van der Waals surface area contributed by atoms with Crippen molar-refractivity contribution in [2.24, 2.45) is 23.2 Å². The van der Waals surface area contributed by atoms with E-state index in [1.54, 1.807) is 0 Å². The van der Waals surface area contributed by atoms with Crippen LogP contribution in [0.3, 0.4) is 0 Å². The number of hydrogen-bond acceptors (Lipinski definition) is 2. The summed E-state index contributed by atoms with van der Waals surface area (Å²) in [4.78, 5) is 11.8. The number of carbonyl (C=O) groups excluding carboxylic acids is 1. The Labute approximate surface area is 115 Å². The molecule has 4 saturated carbocycles. The predicted octanol–water partition coefficient (Wildman–Crippen LogP) is 3.01. The second kappa shape index (κ2) is 4.81. The monoisotopic (exact) mass is 260 g/mol. The van der Waals surface area contributed by atoms with E-state index in [4.69, 9.17) is 5.26 Å². The number of amides is 1. The molecule has 0 aromatic carbocycles. The van der Waals surface area contributed by atoms with Gasteiger partial charge in [0.2, 0.25) is 5.91 Å². The summed E-state index contributed by atoms with van der Waals surface area (Å²) in [5.41, 5.74) is 0.372. The lowest BCUT2D eigenvalue weighted by atomic mass is 9.48. The molecule has 0 aromatic rings. The van der Waals surface area contributed by atoms with Gasteiger partial charge in [-0.3, -0.25) is 4.79 Å². The van der Waals surface area contributed by atoms with Gasteiger partial charge in [-0.2, -0.15) is 5.26 Å². The number of nitrogens with one attached hydrogen (secondary N) is 1. The predicted molar refractivity (Wildman–Crippen MR) is 73.1 cm³/mol. The van der Waals surface area contributed by atoms with E-state index in [2.05, 4.69) is 12.2 Å². The van der Waals surface area contributed by atoms with E-state index in [0.29, 0.717) is 18.3 Å². The summed E-state index contributed by atoms with van der Waals surface area (Å²) in [6, 6.07) is 2.33. The zero-order valence-electron chi connectivity index (χ0n) is 11.8.